The van der Waals surface area contributed by atoms with E-state index >= 15 is 0 Å². The minimum absolute atomic E-state index is 0.0182. The van der Waals surface area contributed by atoms with Crippen molar-refractivity contribution >= 4 is 23.3 Å². The lowest BCUT2D eigenvalue weighted by molar-refractivity contribution is 0.589. The molecule has 0 saturated carbocycles. The highest BCUT2D eigenvalue weighted by Gasteiger charge is 2.29. The van der Waals surface area contributed by atoms with Crippen LogP contribution in [0.15, 0.2) is 29.3 Å². The molecule has 0 amide bonds. The highest BCUT2D eigenvalue weighted by molar-refractivity contribution is 5.98. The maximum atomic E-state index is 9.36. The highest BCUT2D eigenvalue weighted by atomic mass is 15.2. The number of nitriles is 2. The van der Waals surface area contributed by atoms with Crippen LogP contribution >= 0.6 is 0 Å². The van der Waals surface area contributed by atoms with E-state index in [1.807, 2.05) is 36.5 Å². The number of nitrogens with two attached hydrogens (primary N) is 2. The second-order valence-electron chi connectivity index (χ2n) is 7.27. The molecule has 0 fully saturated rings. The van der Waals surface area contributed by atoms with Crippen molar-refractivity contribution in [3.8, 4) is 12.3 Å². The van der Waals surface area contributed by atoms with Gasteiger partial charge in [0, 0.05) is 5.56 Å². The first kappa shape index (κ1) is 18.0. The molecule has 3 rings (SSSR count). The van der Waals surface area contributed by atoms with E-state index in [0.29, 0.717) is 11.4 Å². The third-order valence-corrected chi connectivity index (χ3v) is 4.45. The van der Waals surface area contributed by atoms with E-state index < -0.39 is 6.04 Å². The Morgan fingerprint density at radius 2 is 1.81 bits per heavy atom. The molecular weight excluding hydrogens is 340 g/mol. The van der Waals surface area contributed by atoms with E-state index in [2.05, 4.69) is 41.4 Å². The number of benzene rings is 1. The van der Waals surface area contributed by atoms with Crippen molar-refractivity contribution in [1.29, 1.82) is 10.5 Å². The highest BCUT2D eigenvalue weighted by Crippen LogP contribution is 2.40. The second kappa shape index (κ2) is 6.50. The van der Waals surface area contributed by atoms with Crippen molar-refractivity contribution in [3.63, 3.8) is 0 Å². The third-order valence-electron chi connectivity index (χ3n) is 4.45. The van der Waals surface area contributed by atoms with Gasteiger partial charge in [-0.15, -0.1) is 0 Å². The fourth-order valence-electron chi connectivity index (χ4n) is 2.99. The molecule has 1 aromatic carbocycles. The van der Waals surface area contributed by atoms with Gasteiger partial charge in [-0.05, 0) is 16.5 Å². The predicted molar refractivity (Wildman–Crippen MR) is 105 cm³/mol. The van der Waals surface area contributed by atoms with Crippen LogP contribution in [0.1, 0.15) is 49.1 Å². The number of nitrogens with one attached hydrogen (secondary N) is 2. The summed E-state index contributed by atoms with van der Waals surface area (Å²) in [7, 11) is 0. The summed E-state index contributed by atoms with van der Waals surface area (Å²) in [6.07, 6.45) is 1.84. The van der Waals surface area contributed by atoms with Gasteiger partial charge < -0.3 is 16.8 Å². The number of aromatic nitrogens is 1. The van der Waals surface area contributed by atoms with E-state index in [1.165, 1.54) is 5.56 Å². The lowest BCUT2D eigenvalue weighted by Gasteiger charge is -2.27. The van der Waals surface area contributed by atoms with Crippen molar-refractivity contribution in [1.82, 2.24) is 10.3 Å². The van der Waals surface area contributed by atoms with Crippen molar-refractivity contribution in [2.75, 3.05) is 16.8 Å². The van der Waals surface area contributed by atoms with Crippen LogP contribution in [0.3, 0.4) is 0 Å². The molecule has 1 atom stereocenters. The fraction of sp³-hybridized carbons (Fsp3) is 0.263. The molecule has 0 saturated heterocycles. The topological polar surface area (TPSA) is 149 Å². The molecule has 1 unspecified atom stereocenters. The van der Waals surface area contributed by atoms with E-state index in [0.717, 1.165) is 5.56 Å². The number of hydrogen-bond acceptors (Lipinski definition) is 8. The SMILES string of the molecule is CC(C)(C)c1ccc(C2N=C(NC#N)Nc3nc(N)c(C#N)c(N)c32)cc1. The van der Waals surface area contributed by atoms with Gasteiger partial charge >= 0.3 is 0 Å². The quantitative estimate of drug-likeness (QED) is 0.450. The number of aliphatic imine (C=N–C) groups is 1. The number of nitrogen functional groups attached to an aromatic ring is 2. The molecule has 0 aliphatic carbocycles. The number of nitrogens with zero attached hydrogens (tertiary/aromatic N) is 4. The molecule has 6 N–H and O–H groups in total. The van der Waals surface area contributed by atoms with Crippen molar-refractivity contribution in [2.45, 2.75) is 32.2 Å². The molecular formula is C19H20N8. The van der Waals surface area contributed by atoms with E-state index in [9.17, 15) is 5.26 Å². The van der Waals surface area contributed by atoms with Gasteiger partial charge in [-0.1, -0.05) is 45.0 Å². The van der Waals surface area contributed by atoms with Crippen LogP contribution in [0.2, 0.25) is 0 Å². The Labute approximate surface area is 157 Å². The van der Waals surface area contributed by atoms with Gasteiger partial charge in [0.05, 0.1) is 5.69 Å². The maximum Gasteiger partial charge on any atom is 0.211 e. The summed E-state index contributed by atoms with van der Waals surface area (Å²) in [4.78, 5) is 8.79. The van der Waals surface area contributed by atoms with Gasteiger partial charge in [-0.3, -0.25) is 5.32 Å². The molecule has 8 heteroatoms. The number of rotatable bonds is 1. The number of anilines is 3. The van der Waals surface area contributed by atoms with Crippen LogP contribution in [-0.4, -0.2) is 10.9 Å². The first-order valence-corrected chi connectivity index (χ1v) is 8.35. The molecule has 0 radical (unpaired) electrons. The largest absolute Gasteiger partial charge is 0.397 e. The Bertz CT molecular complexity index is 1000. The number of hydrogen-bond donors (Lipinski definition) is 4. The first-order chi connectivity index (χ1) is 12.8. The molecule has 8 nitrogen and oxygen atoms in total. The number of guanidine groups is 1. The summed E-state index contributed by atoms with van der Waals surface area (Å²) >= 11 is 0. The van der Waals surface area contributed by atoms with Crippen LogP contribution in [0.5, 0.6) is 0 Å². The van der Waals surface area contributed by atoms with Crippen LogP contribution in [0, 0.1) is 22.8 Å². The number of pyridine rings is 1. The van der Waals surface area contributed by atoms with Crippen LogP contribution in [0.25, 0.3) is 0 Å². The van der Waals surface area contributed by atoms with E-state index in [1.54, 1.807) is 0 Å². The molecule has 1 aliphatic rings. The number of fused-ring (bicyclic) bond motifs is 1. The Kier molecular flexibility index (Phi) is 4.34. The van der Waals surface area contributed by atoms with Crippen LogP contribution in [0.4, 0.5) is 17.3 Å². The molecule has 2 aromatic rings. The van der Waals surface area contributed by atoms with Crippen molar-refractivity contribution < 1.29 is 0 Å². The minimum atomic E-state index is -0.522. The maximum absolute atomic E-state index is 9.36. The summed E-state index contributed by atoms with van der Waals surface area (Å²) in [5.74, 6) is 0.647. The normalized spacial score (nSPS) is 15.6. The predicted octanol–water partition coefficient (Wildman–Crippen LogP) is 2.36. The zero-order valence-electron chi connectivity index (χ0n) is 15.3. The average Bonchev–Trinajstić information content (AvgIpc) is 2.61. The summed E-state index contributed by atoms with van der Waals surface area (Å²) in [5, 5.41) is 23.7. The summed E-state index contributed by atoms with van der Waals surface area (Å²) in [6.45, 7) is 6.41. The Hall–Kier alpha value is -3.78. The Balaban J connectivity index is 2.17. The van der Waals surface area contributed by atoms with Gasteiger partial charge in [0.15, 0.2) is 6.19 Å². The summed E-state index contributed by atoms with van der Waals surface area (Å²) in [5.41, 5.74) is 15.1. The van der Waals surface area contributed by atoms with Gasteiger partial charge in [0.25, 0.3) is 0 Å². The third kappa shape index (κ3) is 3.21. The molecule has 0 bridgehead atoms. The molecule has 27 heavy (non-hydrogen) atoms. The standard InChI is InChI=1S/C19H20N8/c1-19(2,3)11-6-4-10(5-7-11)15-13-14(22)12(8-20)16(23)26-17(13)27-18(25-15)24-9-21/h4-7,15H,1-3H3,(H6,22,23,24,25,26,27). The molecule has 136 valence electrons. The van der Waals surface area contributed by atoms with Gasteiger partial charge in [0.1, 0.15) is 29.3 Å². The fourth-order valence-corrected chi connectivity index (χ4v) is 2.99. The molecule has 1 aliphatic heterocycles. The zero-order chi connectivity index (χ0) is 19.8. The summed E-state index contributed by atoms with van der Waals surface area (Å²) < 4.78 is 0. The van der Waals surface area contributed by atoms with E-state index in [-0.39, 0.29) is 28.4 Å². The Morgan fingerprint density at radius 1 is 1.15 bits per heavy atom. The lowest BCUT2D eigenvalue weighted by Crippen LogP contribution is -2.32. The first-order valence-electron chi connectivity index (χ1n) is 8.35. The van der Waals surface area contributed by atoms with Crippen LogP contribution < -0.4 is 22.1 Å². The summed E-state index contributed by atoms with van der Waals surface area (Å²) in [6, 6.07) is 9.48. The zero-order valence-corrected chi connectivity index (χ0v) is 15.3. The monoisotopic (exact) mass is 360 g/mol. The van der Waals surface area contributed by atoms with E-state index in [4.69, 9.17) is 16.7 Å². The lowest BCUT2D eigenvalue weighted by atomic mass is 9.85. The van der Waals surface area contributed by atoms with Gasteiger partial charge in [-0.2, -0.15) is 10.5 Å². The average molecular weight is 360 g/mol. The van der Waals surface area contributed by atoms with Crippen LogP contribution in [-0.2, 0) is 5.41 Å². The minimum Gasteiger partial charge on any atom is -0.397 e. The smallest absolute Gasteiger partial charge is 0.211 e. The van der Waals surface area contributed by atoms with Gasteiger partial charge in [-0.25, -0.2) is 9.98 Å². The van der Waals surface area contributed by atoms with Gasteiger partial charge in [0.2, 0.25) is 5.96 Å². The molecule has 2 heterocycles. The van der Waals surface area contributed by atoms with Crippen molar-refractivity contribution in [2.24, 2.45) is 4.99 Å². The molecule has 1 aromatic heterocycles. The Morgan fingerprint density at radius 3 is 2.37 bits per heavy atom. The van der Waals surface area contributed by atoms with Crippen molar-refractivity contribution in [3.05, 3.63) is 46.5 Å². The molecule has 0 spiro atoms. The second-order valence-corrected chi connectivity index (χ2v) is 7.27.